The number of pyridine rings is 2. The first-order valence-electron chi connectivity index (χ1n) is 10.8. The van der Waals surface area contributed by atoms with Crippen LogP contribution in [0.1, 0.15) is 24.0 Å². The van der Waals surface area contributed by atoms with Crippen LogP contribution in [-0.4, -0.2) is 35.1 Å². The van der Waals surface area contributed by atoms with Crippen LogP contribution in [0.2, 0.25) is 0 Å². The van der Waals surface area contributed by atoms with Crippen molar-refractivity contribution >= 4 is 26.5 Å². The lowest BCUT2D eigenvalue weighted by atomic mass is 10.2. The topological polar surface area (TPSA) is 107 Å². The van der Waals surface area contributed by atoms with Crippen molar-refractivity contribution < 1.29 is 13.2 Å². The van der Waals surface area contributed by atoms with Crippen LogP contribution in [0.3, 0.4) is 0 Å². The lowest BCUT2D eigenvalue weighted by Gasteiger charge is -2.18. The van der Waals surface area contributed by atoms with Crippen molar-refractivity contribution in [3.8, 4) is 0 Å². The van der Waals surface area contributed by atoms with Crippen LogP contribution in [0.5, 0.6) is 0 Å². The Morgan fingerprint density at radius 1 is 1.12 bits per heavy atom. The number of benzene rings is 1. The lowest BCUT2D eigenvalue weighted by Crippen LogP contribution is -2.33. The molecule has 170 valence electrons. The Kier molecular flexibility index (Phi) is 5.18. The molecule has 0 saturated carbocycles. The third kappa shape index (κ3) is 3.67. The summed E-state index contributed by atoms with van der Waals surface area (Å²) >= 11 is 0. The van der Waals surface area contributed by atoms with E-state index >= 15 is 0 Å². The zero-order valence-electron chi connectivity index (χ0n) is 18.4. The summed E-state index contributed by atoms with van der Waals surface area (Å²) in [6, 6.07) is 11.4. The maximum atomic E-state index is 13.5. The van der Waals surface area contributed by atoms with E-state index in [0.717, 1.165) is 24.0 Å². The molecule has 1 aliphatic rings. The molecule has 8 nitrogen and oxygen atoms in total. The number of aromatic nitrogens is 3. The summed E-state index contributed by atoms with van der Waals surface area (Å²) < 4.78 is 35.7. The summed E-state index contributed by atoms with van der Waals surface area (Å²) in [5.74, 6) is 0. The number of hydrogen-bond acceptors (Lipinski definition) is 6. The van der Waals surface area contributed by atoms with Crippen molar-refractivity contribution in [3.05, 3.63) is 75.6 Å². The minimum absolute atomic E-state index is 0.0781. The minimum Gasteiger partial charge on any atom is -0.376 e. The summed E-state index contributed by atoms with van der Waals surface area (Å²) in [5.41, 5.74) is 1.95. The van der Waals surface area contributed by atoms with E-state index < -0.39 is 9.84 Å². The molecule has 1 N–H and O–H groups in total. The molecular formula is C24H24N4O4S. The molecule has 0 radical (unpaired) electrons. The standard InChI is InChI=1S/C24H24N4O4S/c1-15-5-8-18(9-6-15)33(30,31)20-12-19-23(28(22(20)25)14-17-4-3-11-32-17)26-21-10-7-16(2)13-27(21)24(19)29/h5-10,12-13,17,25H,3-4,11,14H2,1-2H3/t17-/m0/s1. The van der Waals surface area contributed by atoms with E-state index in [4.69, 9.17) is 10.1 Å². The number of aryl methyl sites for hydroxylation is 2. The Hall–Kier alpha value is -3.30. The Morgan fingerprint density at radius 3 is 2.55 bits per heavy atom. The third-order valence-electron chi connectivity index (χ3n) is 6.05. The van der Waals surface area contributed by atoms with Gasteiger partial charge in [0.15, 0.2) is 0 Å². The van der Waals surface area contributed by atoms with Crippen LogP contribution in [0.15, 0.2) is 63.2 Å². The van der Waals surface area contributed by atoms with Crippen LogP contribution in [0.25, 0.3) is 16.7 Å². The largest absolute Gasteiger partial charge is 0.376 e. The molecule has 4 aromatic rings. The molecular weight excluding hydrogens is 440 g/mol. The number of hydrogen-bond donors (Lipinski definition) is 1. The van der Waals surface area contributed by atoms with Crippen LogP contribution < -0.4 is 11.0 Å². The average Bonchev–Trinajstić information content (AvgIpc) is 3.30. The highest BCUT2D eigenvalue weighted by molar-refractivity contribution is 7.91. The first-order chi connectivity index (χ1) is 15.8. The molecule has 5 rings (SSSR count). The second-order valence-corrected chi connectivity index (χ2v) is 10.4. The van der Waals surface area contributed by atoms with Crippen LogP contribution >= 0.6 is 0 Å². The molecule has 1 aromatic carbocycles. The van der Waals surface area contributed by atoms with Crippen LogP contribution in [0.4, 0.5) is 0 Å². The van der Waals surface area contributed by atoms with Crippen molar-refractivity contribution in [3.63, 3.8) is 0 Å². The van der Waals surface area contributed by atoms with Gasteiger partial charge in [-0.05, 0) is 56.5 Å². The van der Waals surface area contributed by atoms with Crippen molar-refractivity contribution in [2.75, 3.05) is 6.61 Å². The molecule has 1 saturated heterocycles. The van der Waals surface area contributed by atoms with Gasteiger partial charge in [0.25, 0.3) is 5.56 Å². The van der Waals surface area contributed by atoms with Crippen molar-refractivity contribution in [1.29, 1.82) is 5.41 Å². The molecule has 4 heterocycles. The number of rotatable bonds is 4. The van der Waals surface area contributed by atoms with Gasteiger partial charge in [-0.15, -0.1) is 0 Å². The molecule has 0 bridgehead atoms. The van der Waals surface area contributed by atoms with Crippen molar-refractivity contribution in [2.24, 2.45) is 0 Å². The summed E-state index contributed by atoms with van der Waals surface area (Å²) in [4.78, 5) is 17.9. The number of fused-ring (bicyclic) bond motifs is 2. The fourth-order valence-corrected chi connectivity index (χ4v) is 5.62. The van der Waals surface area contributed by atoms with E-state index in [1.165, 1.54) is 27.2 Å². The first kappa shape index (κ1) is 21.5. The SMILES string of the molecule is Cc1ccc(S(=O)(=O)c2cc3c(=O)n4cc(C)ccc4nc3n(C[C@@H]3CCCO3)c2=N)cc1. The molecule has 33 heavy (non-hydrogen) atoms. The summed E-state index contributed by atoms with van der Waals surface area (Å²) in [7, 11) is -4.04. The van der Waals surface area contributed by atoms with Gasteiger partial charge in [0.2, 0.25) is 9.84 Å². The van der Waals surface area contributed by atoms with E-state index in [1.807, 2.05) is 19.9 Å². The second kappa shape index (κ2) is 7.93. The fourth-order valence-electron chi connectivity index (χ4n) is 4.24. The predicted octanol–water partition coefficient (Wildman–Crippen LogP) is 2.76. The van der Waals surface area contributed by atoms with Gasteiger partial charge >= 0.3 is 0 Å². The lowest BCUT2D eigenvalue weighted by molar-refractivity contribution is 0.0965. The minimum atomic E-state index is -4.04. The maximum Gasteiger partial charge on any atom is 0.267 e. The van der Waals surface area contributed by atoms with E-state index in [-0.39, 0.29) is 44.5 Å². The zero-order valence-corrected chi connectivity index (χ0v) is 19.2. The van der Waals surface area contributed by atoms with E-state index in [1.54, 1.807) is 24.4 Å². The smallest absolute Gasteiger partial charge is 0.267 e. The van der Waals surface area contributed by atoms with E-state index in [0.29, 0.717) is 12.3 Å². The number of sulfone groups is 1. The molecule has 0 aliphatic carbocycles. The van der Waals surface area contributed by atoms with Gasteiger partial charge in [0.1, 0.15) is 21.7 Å². The number of nitrogens with one attached hydrogen (secondary N) is 1. The Bertz CT molecular complexity index is 1610. The highest BCUT2D eigenvalue weighted by Gasteiger charge is 2.26. The first-order valence-corrected chi connectivity index (χ1v) is 12.3. The highest BCUT2D eigenvalue weighted by Crippen LogP contribution is 2.22. The summed E-state index contributed by atoms with van der Waals surface area (Å²) in [6.45, 7) is 4.61. The molecule has 9 heteroatoms. The molecule has 3 aromatic heterocycles. The monoisotopic (exact) mass is 464 g/mol. The number of ether oxygens (including phenoxy) is 1. The van der Waals surface area contributed by atoms with Gasteiger partial charge in [-0.2, -0.15) is 0 Å². The van der Waals surface area contributed by atoms with Crippen LogP contribution in [-0.2, 0) is 21.1 Å². The van der Waals surface area contributed by atoms with Gasteiger partial charge in [-0.25, -0.2) is 13.4 Å². The van der Waals surface area contributed by atoms with Crippen molar-refractivity contribution in [1.82, 2.24) is 14.0 Å². The number of nitrogens with zero attached hydrogens (tertiary/aromatic N) is 3. The van der Waals surface area contributed by atoms with Gasteiger partial charge in [-0.1, -0.05) is 23.8 Å². The normalized spacial score (nSPS) is 16.6. The molecule has 1 aliphatic heterocycles. The predicted molar refractivity (Wildman–Crippen MR) is 123 cm³/mol. The highest BCUT2D eigenvalue weighted by atomic mass is 32.2. The molecule has 1 atom stereocenters. The van der Waals surface area contributed by atoms with Crippen LogP contribution in [0, 0.1) is 19.3 Å². The summed E-state index contributed by atoms with van der Waals surface area (Å²) in [5, 5.41) is 8.98. The van der Waals surface area contributed by atoms with Crippen molar-refractivity contribution in [2.45, 2.75) is 49.1 Å². The van der Waals surface area contributed by atoms with Gasteiger partial charge < -0.3 is 9.30 Å². The van der Waals surface area contributed by atoms with Gasteiger partial charge in [-0.3, -0.25) is 14.6 Å². The Labute approximate surface area is 190 Å². The average molecular weight is 465 g/mol. The van der Waals surface area contributed by atoms with E-state index in [2.05, 4.69) is 4.98 Å². The zero-order chi connectivity index (χ0) is 23.3. The van der Waals surface area contributed by atoms with Gasteiger partial charge in [0.05, 0.1) is 22.9 Å². The quantitative estimate of drug-likeness (QED) is 0.468. The molecule has 1 fully saturated rings. The Balaban J connectivity index is 1.84. The maximum absolute atomic E-state index is 13.5. The van der Waals surface area contributed by atoms with E-state index in [9.17, 15) is 13.2 Å². The molecule has 0 spiro atoms. The fraction of sp³-hybridized carbons (Fsp3) is 0.292. The second-order valence-electron chi connectivity index (χ2n) is 8.51. The molecule has 0 unspecified atom stereocenters. The Morgan fingerprint density at radius 2 is 1.85 bits per heavy atom. The van der Waals surface area contributed by atoms with Gasteiger partial charge in [0, 0.05) is 12.8 Å². The molecule has 0 amide bonds. The third-order valence-corrected chi connectivity index (χ3v) is 7.83. The summed E-state index contributed by atoms with van der Waals surface area (Å²) in [6.07, 6.45) is 3.21.